The van der Waals surface area contributed by atoms with Gasteiger partial charge in [0.2, 0.25) is 5.78 Å². The molecule has 0 saturated carbocycles. The highest BCUT2D eigenvalue weighted by molar-refractivity contribution is 5.95. The first kappa shape index (κ1) is 14.2. The number of nitrogens with one attached hydrogen (secondary N) is 1. The number of rotatable bonds is 7. The van der Waals surface area contributed by atoms with Crippen molar-refractivity contribution in [2.45, 2.75) is 38.1 Å². The minimum Gasteiger partial charge on any atom is -0.373 e. The number of ether oxygens (including phenoxy) is 1. The minimum absolute atomic E-state index is 0.0450. The van der Waals surface area contributed by atoms with Gasteiger partial charge in [-0.25, -0.2) is 0 Å². The molecule has 0 radical (unpaired) electrons. The van der Waals surface area contributed by atoms with Crippen LogP contribution >= 0.6 is 0 Å². The summed E-state index contributed by atoms with van der Waals surface area (Å²) >= 11 is 0. The maximum atomic E-state index is 11.7. The van der Waals surface area contributed by atoms with E-state index in [0.29, 0.717) is 18.3 Å². The van der Waals surface area contributed by atoms with Crippen molar-refractivity contribution in [2.24, 2.45) is 0 Å². The number of pyridine rings is 1. The Morgan fingerprint density at radius 3 is 3.11 bits per heavy atom. The molecule has 2 rings (SSSR count). The fourth-order valence-corrected chi connectivity index (χ4v) is 2.37. The zero-order valence-electron chi connectivity index (χ0n) is 11.3. The molecule has 0 spiro atoms. The zero-order chi connectivity index (χ0) is 13.3. The number of Topliss-reactive ketones (excluding diaryl/α,β-unsaturated/α-hetero) is 1. The van der Waals surface area contributed by atoms with Crippen LogP contribution in [-0.4, -0.2) is 36.6 Å². The molecule has 1 atom stereocenters. The lowest BCUT2D eigenvalue weighted by molar-refractivity contribution is 0.0743. The van der Waals surface area contributed by atoms with E-state index < -0.39 is 0 Å². The average Bonchev–Trinajstić information content (AvgIpc) is 2.49. The van der Waals surface area contributed by atoms with Crippen LogP contribution in [0.4, 0.5) is 0 Å². The van der Waals surface area contributed by atoms with Gasteiger partial charge in [0.15, 0.2) is 0 Å². The Hall–Kier alpha value is -1.26. The van der Waals surface area contributed by atoms with Crippen LogP contribution in [-0.2, 0) is 4.74 Å². The van der Waals surface area contributed by atoms with Crippen LogP contribution in [0.2, 0.25) is 0 Å². The van der Waals surface area contributed by atoms with Crippen molar-refractivity contribution in [3.05, 3.63) is 30.1 Å². The van der Waals surface area contributed by atoms with Gasteiger partial charge in [-0.3, -0.25) is 9.78 Å². The lowest BCUT2D eigenvalue weighted by Crippen LogP contribution is -2.34. The summed E-state index contributed by atoms with van der Waals surface area (Å²) in [5, 5.41) is 3.51. The smallest absolute Gasteiger partial charge is 0.206 e. The van der Waals surface area contributed by atoms with E-state index in [-0.39, 0.29) is 12.4 Å². The summed E-state index contributed by atoms with van der Waals surface area (Å²) < 4.78 is 5.42. The summed E-state index contributed by atoms with van der Waals surface area (Å²) in [6.07, 6.45) is 7.67. The first-order valence-corrected chi connectivity index (χ1v) is 7.11. The lowest BCUT2D eigenvalue weighted by atomic mass is 10.0. The normalized spacial score (nSPS) is 19.3. The van der Waals surface area contributed by atoms with Crippen molar-refractivity contribution in [1.29, 1.82) is 0 Å². The van der Waals surface area contributed by atoms with E-state index in [0.717, 1.165) is 19.4 Å². The summed E-state index contributed by atoms with van der Waals surface area (Å²) in [5.74, 6) is -0.0450. The van der Waals surface area contributed by atoms with Crippen LogP contribution in [0.25, 0.3) is 0 Å². The van der Waals surface area contributed by atoms with E-state index in [1.54, 1.807) is 18.3 Å². The highest BCUT2D eigenvalue weighted by Gasteiger charge is 2.12. The van der Waals surface area contributed by atoms with Gasteiger partial charge in [-0.05, 0) is 44.4 Å². The molecular weight excluding hydrogens is 240 g/mol. The number of hydrogen-bond acceptors (Lipinski definition) is 4. The van der Waals surface area contributed by atoms with E-state index in [9.17, 15) is 4.79 Å². The Kier molecular flexibility index (Phi) is 5.98. The van der Waals surface area contributed by atoms with Gasteiger partial charge >= 0.3 is 0 Å². The maximum Gasteiger partial charge on any atom is 0.206 e. The Morgan fingerprint density at radius 1 is 1.42 bits per heavy atom. The number of hydrogen-bond donors (Lipinski definition) is 1. The molecule has 1 N–H and O–H groups in total. The van der Waals surface area contributed by atoms with Crippen LogP contribution < -0.4 is 5.32 Å². The average molecular weight is 262 g/mol. The number of aromatic nitrogens is 1. The quantitative estimate of drug-likeness (QED) is 0.604. The molecule has 1 saturated heterocycles. The van der Waals surface area contributed by atoms with Crippen LogP contribution in [0.15, 0.2) is 24.4 Å². The molecule has 1 aromatic rings. The molecule has 2 heterocycles. The third kappa shape index (κ3) is 5.09. The number of ketones is 1. The molecule has 0 amide bonds. The number of carbonyl (C=O) groups is 1. The number of carbonyl (C=O) groups excluding carboxylic acids is 1. The summed E-state index contributed by atoms with van der Waals surface area (Å²) in [4.78, 5) is 15.7. The molecule has 19 heavy (non-hydrogen) atoms. The molecule has 1 aromatic heterocycles. The molecule has 104 valence electrons. The Labute approximate surface area is 114 Å². The predicted octanol–water partition coefficient (Wildman–Crippen LogP) is 2.20. The van der Waals surface area contributed by atoms with Gasteiger partial charge in [0.25, 0.3) is 0 Å². The Balaban J connectivity index is 1.55. The molecule has 0 aromatic carbocycles. The first-order valence-electron chi connectivity index (χ1n) is 7.11. The van der Waals surface area contributed by atoms with Gasteiger partial charge in [-0.2, -0.15) is 0 Å². The summed E-state index contributed by atoms with van der Waals surface area (Å²) in [5.41, 5.74) is 0.483. The summed E-state index contributed by atoms with van der Waals surface area (Å²) in [6, 6.07) is 5.98. The van der Waals surface area contributed by atoms with Crippen LogP contribution in [0.3, 0.4) is 0 Å². The summed E-state index contributed by atoms with van der Waals surface area (Å²) in [6.45, 7) is 1.93. The molecule has 1 aliphatic rings. The van der Waals surface area contributed by atoms with Crippen molar-refractivity contribution >= 4 is 5.78 Å². The van der Waals surface area contributed by atoms with Crippen LogP contribution in [0, 0.1) is 0 Å². The second-order valence-corrected chi connectivity index (χ2v) is 4.98. The largest absolute Gasteiger partial charge is 0.373 e. The van der Waals surface area contributed by atoms with E-state index >= 15 is 0 Å². The predicted molar refractivity (Wildman–Crippen MR) is 74.3 cm³/mol. The topological polar surface area (TPSA) is 51.2 Å². The fourth-order valence-electron chi connectivity index (χ4n) is 2.37. The third-order valence-corrected chi connectivity index (χ3v) is 3.44. The highest BCUT2D eigenvalue weighted by atomic mass is 16.5. The molecule has 1 fully saturated rings. The van der Waals surface area contributed by atoms with Gasteiger partial charge in [0.1, 0.15) is 12.3 Å². The SMILES string of the molecule is O=C(COCCC[C@H]1CCCCN1)c1ccccn1. The second kappa shape index (κ2) is 8.02. The van der Waals surface area contributed by atoms with Gasteiger partial charge in [0.05, 0.1) is 0 Å². The Bertz CT molecular complexity index is 375. The maximum absolute atomic E-state index is 11.7. The van der Waals surface area contributed by atoms with Crippen LogP contribution in [0.1, 0.15) is 42.6 Å². The molecule has 1 aliphatic heterocycles. The number of piperidine rings is 1. The first-order chi connectivity index (χ1) is 9.36. The van der Waals surface area contributed by atoms with E-state index in [2.05, 4.69) is 10.3 Å². The monoisotopic (exact) mass is 262 g/mol. The van der Waals surface area contributed by atoms with Crippen molar-refractivity contribution in [1.82, 2.24) is 10.3 Å². The van der Waals surface area contributed by atoms with Crippen molar-refractivity contribution < 1.29 is 9.53 Å². The molecule has 0 bridgehead atoms. The van der Waals surface area contributed by atoms with Gasteiger partial charge in [-0.1, -0.05) is 12.5 Å². The summed E-state index contributed by atoms with van der Waals surface area (Å²) in [7, 11) is 0. The molecule has 0 unspecified atom stereocenters. The molecule has 0 aliphatic carbocycles. The van der Waals surface area contributed by atoms with E-state index in [4.69, 9.17) is 4.74 Å². The highest BCUT2D eigenvalue weighted by Crippen LogP contribution is 2.11. The lowest BCUT2D eigenvalue weighted by Gasteiger charge is -2.23. The van der Waals surface area contributed by atoms with Crippen molar-refractivity contribution in [3.8, 4) is 0 Å². The van der Waals surface area contributed by atoms with Crippen LogP contribution in [0.5, 0.6) is 0 Å². The van der Waals surface area contributed by atoms with E-state index in [1.807, 2.05) is 6.07 Å². The fraction of sp³-hybridized carbons (Fsp3) is 0.600. The van der Waals surface area contributed by atoms with Gasteiger partial charge in [-0.15, -0.1) is 0 Å². The minimum atomic E-state index is -0.0450. The molecule has 4 heteroatoms. The Morgan fingerprint density at radius 2 is 2.37 bits per heavy atom. The molecule has 4 nitrogen and oxygen atoms in total. The standard InChI is InChI=1S/C15H22N2O2/c18-15(14-8-2-4-10-17-14)12-19-11-5-7-13-6-1-3-9-16-13/h2,4,8,10,13,16H,1,3,5-7,9,11-12H2/t13-/m1/s1. The number of nitrogens with zero attached hydrogens (tertiary/aromatic N) is 1. The second-order valence-electron chi connectivity index (χ2n) is 4.98. The van der Waals surface area contributed by atoms with Crippen molar-refractivity contribution in [3.63, 3.8) is 0 Å². The zero-order valence-corrected chi connectivity index (χ0v) is 11.3. The van der Waals surface area contributed by atoms with E-state index in [1.165, 1.54) is 19.3 Å². The molecular formula is C15H22N2O2. The third-order valence-electron chi connectivity index (χ3n) is 3.44. The van der Waals surface area contributed by atoms with Gasteiger partial charge in [0, 0.05) is 18.8 Å². The van der Waals surface area contributed by atoms with Crippen molar-refractivity contribution in [2.75, 3.05) is 19.8 Å². The van der Waals surface area contributed by atoms with Gasteiger partial charge < -0.3 is 10.1 Å².